The van der Waals surface area contributed by atoms with Crippen LogP contribution >= 0.6 is 35.0 Å². The zero-order valence-electron chi connectivity index (χ0n) is 14.6. The highest BCUT2D eigenvalue weighted by atomic mass is 35.5. The van der Waals surface area contributed by atoms with Crippen LogP contribution in [0.2, 0.25) is 10.0 Å². The summed E-state index contributed by atoms with van der Waals surface area (Å²) in [7, 11) is 0. The number of pyridine rings is 1. The summed E-state index contributed by atoms with van der Waals surface area (Å²) in [6.07, 6.45) is -2.97. The summed E-state index contributed by atoms with van der Waals surface area (Å²) in [5.41, 5.74) is 0.253. The minimum Gasteiger partial charge on any atom is -0.348 e. The molecule has 0 bridgehead atoms. The topological polar surface area (TPSA) is 42.0 Å². The van der Waals surface area contributed by atoms with Crippen molar-refractivity contribution in [2.75, 3.05) is 0 Å². The molecule has 0 unspecified atom stereocenters. The van der Waals surface area contributed by atoms with Crippen molar-refractivity contribution in [3.8, 4) is 0 Å². The van der Waals surface area contributed by atoms with E-state index >= 15 is 0 Å². The lowest BCUT2D eigenvalue weighted by Crippen LogP contribution is -2.23. The number of benzene rings is 2. The van der Waals surface area contributed by atoms with E-state index in [1.807, 2.05) is 0 Å². The first-order valence-corrected chi connectivity index (χ1v) is 9.83. The van der Waals surface area contributed by atoms with Gasteiger partial charge >= 0.3 is 6.18 Å². The van der Waals surface area contributed by atoms with Crippen molar-refractivity contribution in [2.45, 2.75) is 22.6 Å². The Morgan fingerprint density at radius 2 is 1.83 bits per heavy atom. The van der Waals surface area contributed by atoms with Crippen molar-refractivity contribution >= 4 is 40.9 Å². The van der Waals surface area contributed by atoms with E-state index < -0.39 is 17.6 Å². The molecule has 1 heterocycles. The van der Waals surface area contributed by atoms with Gasteiger partial charge in [-0.15, -0.1) is 0 Å². The van der Waals surface area contributed by atoms with E-state index in [0.29, 0.717) is 20.0 Å². The first-order valence-electron chi connectivity index (χ1n) is 8.26. The van der Waals surface area contributed by atoms with Crippen LogP contribution in [0.25, 0.3) is 0 Å². The van der Waals surface area contributed by atoms with Gasteiger partial charge in [0.25, 0.3) is 5.91 Å². The number of hydrogen-bond donors (Lipinski definition) is 1. The van der Waals surface area contributed by atoms with E-state index in [4.69, 9.17) is 23.2 Å². The van der Waals surface area contributed by atoms with Gasteiger partial charge in [-0.25, -0.2) is 4.98 Å². The van der Waals surface area contributed by atoms with Gasteiger partial charge < -0.3 is 5.32 Å². The number of carbonyl (C=O) groups excluding carboxylic acids is 1. The number of amides is 1. The Bertz CT molecular complexity index is 1040. The molecule has 3 nitrogen and oxygen atoms in total. The molecule has 0 radical (unpaired) electrons. The Balaban J connectivity index is 1.76. The van der Waals surface area contributed by atoms with Crippen LogP contribution in [0, 0.1) is 0 Å². The van der Waals surface area contributed by atoms with Crippen molar-refractivity contribution in [1.82, 2.24) is 10.3 Å². The highest BCUT2D eigenvalue weighted by Crippen LogP contribution is 2.34. The molecule has 0 fully saturated rings. The third-order valence-electron chi connectivity index (χ3n) is 3.83. The normalized spacial score (nSPS) is 11.3. The van der Waals surface area contributed by atoms with E-state index in [0.717, 1.165) is 29.5 Å². The van der Waals surface area contributed by atoms with Crippen LogP contribution < -0.4 is 5.32 Å². The van der Waals surface area contributed by atoms with Crippen molar-refractivity contribution in [2.24, 2.45) is 0 Å². The summed E-state index contributed by atoms with van der Waals surface area (Å²) in [6, 6.07) is 13.0. The molecule has 0 aliphatic heterocycles. The molecular formula is C20H13Cl2F3N2OS. The molecule has 0 saturated heterocycles. The van der Waals surface area contributed by atoms with Crippen LogP contribution in [0.3, 0.4) is 0 Å². The molecule has 1 amide bonds. The van der Waals surface area contributed by atoms with Crippen LogP contribution in [0.1, 0.15) is 21.5 Å². The van der Waals surface area contributed by atoms with Gasteiger partial charge in [0.1, 0.15) is 5.03 Å². The van der Waals surface area contributed by atoms with E-state index in [2.05, 4.69) is 10.3 Å². The number of aromatic nitrogens is 1. The van der Waals surface area contributed by atoms with Crippen molar-refractivity contribution in [3.63, 3.8) is 0 Å². The molecule has 1 aromatic heterocycles. The van der Waals surface area contributed by atoms with Gasteiger partial charge in [-0.05, 0) is 48.0 Å². The zero-order valence-corrected chi connectivity index (χ0v) is 17.0. The molecule has 9 heteroatoms. The molecule has 0 spiro atoms. The number of hydrogen-bond acceptors (Lipinski definition) is 3. The summed E-state index contributed by atoms with van der Waals surface area (Å²) in [4.78, 5) is 17.1. The van der Waals surface area contributed by atoms with Crippen LogP contribution in [-0.2, 0) is 12.7 Å². The molecule has 1 N–H and O–H groups in total. The summed E-state index contributed by atoms with van der Waals surface area (Å²) in [5.74, 6) is -0.404. The Hall–Kier alpha value is -2.22. The average Bonchev–Trinajstić information content (AvgIpc) is 2.68. The predicted octanol–water partition coefficient (Wildman–Crippen LogP) is 6.49. The molecule has 0 atom stereocenters. The molecular weight excluding hydrogens is 444 g/mol. The van der Waals surface area contributed by atoms with Gasteiger partial charge in [-0.3, -0.25) is 4.79 Å². The van der Waals surface area contributed by atoms with Gasteiger partial charge in [0.05, 0.1) is 21.2 Å². The van der Waals surface area contributed by atoms with Crippen molar-refractivity contribution in [3.05, 3.63) is 87.5 Å². The Morgan fingerprint density at radius 1 is 1.03 bits per heavy atom. The van der Waals surface area contributed by atoms with Crippen molar-refractivity contribution in [1.29, 1.82) is 0 Å². The summed E-state index contributed by atoms with van der Waals surface area (Å²) < 4.78 is 38.8. The lowest BCUT2D eigenvalue weighted by Gasteiger charge is -2.11. The van der Waals surface area contributed by atoms with Gasteiger partial charge in [-0.1, -0.05) is 47.1 Å². The molecule has 150 valence electrons. The fourth-order valence-electron chi connectivity index (χ4n) is 2.42. The van der Waals surface area contributed by atoms with E-state index in [1.54, 1.807) is 30.3 Å². The lowest BCUT2D eigenvalue weighted by atomic mass is 10.2. The van der Waals surface area contributed by atoms with Gasteiger partial charge in [0.15, 0.2) is 0 Å². The Labute approximate surface area is 179 Å². The first kappa shape index (κ1) is 21.5. The fraction of sp³-hybridized carbons (Fsp3) is 0.100. The smallest absolute Gasteiger partial charge is 0.348 e. The highest BCUT2D eigenvalue weighted by Gasteiger charge is 2.30. The second kappa shape index (κ2) is 9.07. The van der Waals surface area contributed by atoms with Crippen molar-refractivity contribution < 1.29 is 18.0 Å². The molecule has 0 saturated carbocycles. The minimum atomic E-state index is -4.44. The SMILES string of the molecule is O=C(NCc1ccc(Cl)c(Cl)c1)c1cccnc1Sc1cccc(C(F)(F)F)c1. The maximum atomic E-state index is 12.9. The molecule has 3 rings (SSSR count). The van der Waals surface area contributed by atoms with Gasteiger partial charge in [0.2, 0.25) is 0 Å². The maximum Gasteiger partial charge on any atom is 0.416 e. The maximum absolute atomic E-state index is 12.9. The second-order valence-electron chi connectivity index (χ2n) is 5.91. The summed E-state index contributed by atoms with van der Waals surface area (Å²) >= 11 is 12.8. The highest BCUT2D eigenvalue weighted by molar-refractivity contribution is 7.99. The lowest BCUT2D eigenvalue weighted by molar-refractivity contribution is -0.137. The Morgan fingerprint density at radius 3 is 2.55 bits per heavy atom. The monoisotopic (exact) mass is 456 g/mol. The van der Waals surface area contributed by atoms with E-state index in [9.17, 15) is 18.0 Å². The molecule has 2 aromatic carbocycles. The standard InChI is InChI=1S/C20H13Cl2F3N2OS/c21-16-7-6-12(9-17(16)22)11-27-18(28)15-5-2-8-26-19(15)29-14-4-1-3-13(10-14)20(23,24)25/h1-10H,11H2,(H,27,28). The number of nitrogens with one attached hydrogen (secondary N) is 1. The fourth-order valence-corrected chi connectivity index (χ4v) is 3.68. The van der Waals surface area contributed by atoms with Crippen LogP contribution in [0.15, 0.2) is 70.7 Å². The van der Waals surface area contributed by atoms with Crippen LogP contribution in [0.4, 0.5) is 13.2 Å². The van der Waals surface area contributed by atoms with E-state index in [1.165, 1.54) is 18.3 Å². The Kier molecular flexibility index (Phi) is 6.72. The molecule has 0 aliphatic rings. The molecule has 29 heavy (non-hydrogen) atoms. The summed E-state index contributed by atoms with van der Waals surface area (Å²) in [6.45, 7) is 0.207. The minimum absolute atomic E-state index is 0.207. The number of nitrogens with zero attached hydrogens (tertiary/aromatic N) is 1. The third kappa shape index (κ3) is 5.65. The largest absolute Gasteiger partial charge is 0.416 e. The first-order chi connectivity index (χ1) is 13.7. The predicted molar refractivity (Wildman–Crippen MR) is 107 cm³/mol. The number of carbonyl (C=O) groups is 1. The van der Waals surface area contributed by atoms with Crippen LogP contribution in [0.5, 0.6) is 0 Å². The molecule has 3 aromatic rings. The van der Waals surface area contributed by atoms with Gasteiger partial charge in [0, 0.05) is 17.6 Å². The summed E-state index contributed by atoms with van der Waals surface area (Å²) in [5, 5.41) is 3.84. The number of halogens is 5. The number of alkyl halides is 3. The molecule has 0 aliphatic carbocycles. The zero-order chi connectivity index (χ0) is 21.0. The average molecular weight is 457 g/mol. The third-order valence-corrected chi connectivity index (χ3v) is 5.58. The second-order valence-corrected chi connectivity index (χ2v) is 7.79. The van der Waals surface area contributed by atoms with E-state index in [-0.39, 0.29) is 12.1 Å². The van der Waals surface area contributed by atoms with Crippen LogP contribution in [-0.4, -0.2) is 10.9 Å². The number of rotatable bonds is 5. The van der Waals surface area contributed by atoms with Gasteiger partial charge in [-0.2, -0.15) is 13.2 Å². The quantitative estimate of drug-likeness (QED) is 0.477.